The van der Waals surface area contributed by atoms with Crippen LogP contribution in [0.5, 0.6) is 0 Å². The number of hydrogen-bond donors (Lipinski definition) is 0. The van der Waals surface area contributed by atoms with E-state index in [1.807, 2.05) is 32.9 Å². The molecule has 0 saturated heterocycles. The van der Waals surface area contributed by atoms with Gasteiger partial charge in [-0.3, -0.25) is 4.79 Å². The molecule has 1 rings (SSSR count). The lowest BCUT2D eigenvalue weighted by Crippen LogP contribution is -2.38. The summed E-state index contributed by atoms with van der Waals surface area (Å²) in [5.41, 5.74) is 1.17. The molecule has 0 atom stereocenters. The summed E-state index contributed by atoms with van der Waals surface area (Å²) in [6.45, 7) is 6.95. The van der Waals surface area contributed by atoms with Crippen molar-refractivity contribution in [1.29, 1.82) is 0 Å². The Labute approximate surface area is 198 Å². The lowest BCUT2D eigenvalue weighted by Gasteiger charge is -2.27. The summed E-state index contributed by atoms with van der Waals surface area (Å²) in [7, 11) is 2.78. The second-order valence-electron chi connectivity index (χ2n) is 9.21. The molecular weight excluding hydrogens is 422 g/mol. The van der Waals surface area contributed by atoms with Crippen molar-refractivity contribution >= 4 is 18.0 Å². The van der Waals surface area contributed by atoms with Crippen molar-refractivity contribution in [2.45, 2.75) is 84.2 Å². The molecule has 186 valence electrons. The van der Waals surface area contributed by atoms with E-state index >= 15 is 0 Å². The zero-order chi connectivity index (χ0) is 24.7. The van der Waals surface area contributed by atoms with Crippen molar-refractivity contribution in [3.8, 4) is 0 Å². The van der Waals surface area contributed by atoms with Crippen molar-refractivity contribution < 1.29 is 28.6 Å². The molecule has 0 N–H and O–H groups in total. The van der Waals surface area contributed by atoms with Gasteiger partial charge >= 0.3 is 18.0 Å². The molecule has 0 saturated carbocycles. The third-order valence-electron chi connectivity index (χ3n) is 5.21. The fourth-order valence-corrected chi connectivity index (χ4v) is 3.38. The maximum absolute atomic E-state index is 12.6. The standard InChI is InChI=1S/C26H41NO6/c1-26(2,3)33-25(30)27(19-11-8-6-7-9-14-23(28)31-4)20-12-10-13-21-15-17-22(18-16-21)24(29)32-5/h15-18H,6-14,19-20H2,1-5H3. The Bertz CT molecular complexity index is 723. The summed E-state index contributed by atoms with van der Waals surface area (Å²) < 4.78 is 15.0. The van der Waals surface area contributed by atoms with E-state index in [9.17, 15) is 14.4 Å². The maximum Gasteiger partial charge on any atom is 0.410 e. The number of aryl methyl sites for hydroxylation is 1. The van der Waals surface area contributed by atoms with Crippen LogP contribution in [0.1, 0.15) is 88.1 Å². The zero-order valence-electron chi connectivity index (χ0n) is 21.0. The summed E-state index contributed by atoms with van der Waals surface area (Å²) in [5.74, 6) is -0.497. The normalized spacial score (nSPS) is 11.1. The number of benzene rings is 1. The van der Waals surface area contributed by atoms with Crippen LogP contribution in [-0.2, 0) is 25.4 Å². The fourth-order valence-electron chi connectivity index (χ4n) is 3.38. The molecule has 0 aliphatic heterocycles. The number of ether oxygens (including phenoxy) is 3. The Morgan fingerprint density at radius 3 is 1.94 bits per heavy atom. The van der Waals surface area contributed by atoms with Gasteiger partial charge in [0.05, 0.1) is 19.8 Å². The maximum atomic E-state index is 12.6. The van der Waals surface area contributed by atoms with Crippen LogP contribution >= 0.6 is 0 Å². The number of amides is 1. The van der Waals surface area contributed by atoms with E-state index in [1.165, 1.54) is 14.2 Å². The molecule has 0 bridgehead atoms. The van der Waals surface area contributed by atoms with Crippen molar-refractivity contribution in [3.63, 3.8) is 0 Å². The van der Waals surface area contributed by atoms with Gasteiger partial charge in [-0.05, 0) is 70.6 Å². The molecule has 1 amide bonds. The van der Waals surface area contributed by atoms with Crippen molar-refractivity contribution in [2.75, 3.05) is 27.3 Å². The van der Waals surface area contributed by atoms with E-state index in [0.29, 0.717) is 25.1 Å². The Morgan fingerprint density at radius 2 is 1.36 bits per heavy atom. The van der Waals surface area contributed by atoms with Crippen LogP contribution in [0.15, 0.2) is 24.3 Å². The van der Waals surface area contributed by atoms with Crippen LogP contribution in [0.25, 0.3) is 0 Å². The van der Waals surface area contributed by atoms with E-state index in [4.69, 9.17) is 9.47 Å². The van der Waals surface area contributed by atoms with Crippen LogP contribution in [0.2, 0.25) is 0 Å². The minimum absolute atomic E-state index is 0.162. The molecule has 33 heavy (non-hydrogen) atoms. The fraction of sp³-hybridized carbons (Fsp3) is 0.654. The average molecular weight is 464 g/mol. The Morgan fingerprint density at radius 1 is 0.788 bits per heavy atom. The van der Waals surface area contributed by atoms with E-state index in [2.05, 4.69) is 4.74 Å². The molecule has 0 aliphatic rings. The number of carbonyl (C=O) groups excluding carboxylic acids is 3. The van der Waals surface area contributed by atoms with E-state index < -0.39 is 5.60 Å². The van der Waals surface area contributed by atoms with E-state index in [-0.39, 0.29) is 18.0 Å². The first-order valence-electron chi connectivity index (χ1n) is 11.9. The first-order chi connectivity index (χ1) is 15.7. The third-order valence-corrected chi connectivity index (χ3v) is 5.21. The Hall–Kier alpha value is -2.57. The molecule has 0 radical (unpaired) electrons. The molecule has 7 nitrogen and oxygen atoms in total. The molecule has 1 aromatic rings. The van der Waals surface area contributed by atoms with Gasteiger partial charge in [-0.25, -0.2) is 9.59 Å². The van der Waals surface area contributed by atoms with Gasteiger partial charge in [0.2, 0.25) is 0 Å². The lowest BCUT2D eigenvalue weighted by atomic mass is 10.1. The van der Waals surface area contributed by atoms with Crippen molar-refractivity contribution in [1.82, 2.24) is 4.90 Å². The first-order valence-corrected chi connectivity index (χ1v) is 11.9. The number of esters is 2. The summed E-state index contributed by atoms with van der Waals surface area (Å²) in [6, 6.07) is 7.44. The molecule has 7 heteroatoms. The molecule has 0 spiro atoms. The highest BCUT2D eigenvalue weighted by molar-refractivity contribution is 5.89. The van der Waals surface area contributed by atoms with Gasteiger partial charge in [-0.2, -0.15) is 0 Å². The highest BCUT2D eigenvalue weighted by Gasteiger charge is 2.21. The number of rotatable bonds is 14. The third kappa shape index (κ3) is 12.9. The van der Waals surface area contributed by atoms with Crippen molar-refractivity contribution in [3.05, 3.63) is 35.4 Å². The highest BCUT2D eigenvalue weighted by Crippen LogP contribution is 2.14. The smallest absolute Gasteiger partial charge is 0.410 e. The topological polar surface area (TPSA) is 82.1 Å². The monoisotopic (exact) mass is 463 g/mol. The summed E-state index contributed by atoms with van der Waals surface area (Å²) in [6.07, 6.45) is 7.65. The molecule has 0 heterocycles. The molecule has 1 aromatic carbocycles. The van der Waals surface area contributed by atoms with Crippen LogP contribution in [0, 0.1) is 0 Å². The van der Waals surface area contributed by atoms with Gasteiger partial charge < -0.3 is 19.1 Å². The number of carbonyl (C=O) groups is 3. The van der Waals surface area contributed by atoms with Crippen molar-refractivity contribution in [2.24, 2.45) is 0 Å². The largest absolute Gasteiger partial charge is 0.469 e. The number of nitrogens with zero attached hydrogens (tertiary/aromatic N) is 1. The Balaban J connectivity index is 2.42. The van der Waals surface area contributed by atoms with Crippen LogP contribution in [0.3, 0.4) is 0 Å². The lowest BCUT2D eigenvalue weighted by molar-refractivity contribution is -0.140. The van der Waals surface area contributed by atoms with Crippen LogP contribution in [0.4, 0.5) is 4.79 Å². The molecule has 0 unspecified atom stereocenters. The van der Waals surface area contributed by atoms with Gasteiger partial charge in [0, 0.05) is 19.5 Å². The minimum Gasteiger partial charge on any atom is -0.469 e. The summed E-state index contributed by atoms with van der Waals surface area (Å²) >= 11 is 0. The van der Waals surface area contributed by atoms with Gasteiger partial charge in [-0.15, -0.1) is 0 Å². The molecule has 0 aliphatic carbocycles. The number of hydrogen-bond acceptors (Lipinski definition) is 6. The SMILES string of the molecule is COC(=O)CCCCCCCN(CCCCc1ccc(C(=O)OC)cc1)C(=O)OC(C)(C)C. The molecule has 0 fully saturated rings. The molecular formula is C26H41NO6. The molecule has 0 aromatic heterocycles. The number of methoxy groups -OCH3 is 2. The average Bonchev–Trinajstić information content (AvgIpc) is 2.78. The van der Waals surface area contributed by atoms with E-state index in [0.717, 1.165) is 56.9 Å². The van der Waals surface area contributed by atoms with Gasteiger partial charge in [0.25, 0.3) is 0 Å². The van der Waals surface area contributed by atoms with Gasteiger partial charge in [0.15, 0.2) is 0 Å². The van der Waals surface area contributed by atoms with Gasteiger partial charge in [0.1, 0.15) is 5.60 Å². The van der Waals surface area contributed by atoms with Crippen LogP contribution in [-0.4, -0.2) is 55.8 Å². The second kappa shape index (κ2) is 15.3. The number of unbranched alkanes of at least 4 members (excludes halogenated alkanes) is 5. The quantitative estimate of drug-likeness (QED) is 0.204. The predicted molar refractivity (Wildman–Crippen MR) is 128 cm³/mol. The summed E-state index contributed by atoms with van der Waals surface area (Å²) in [5, 5.41) is 0. The minimum atomic E-state index is -0.523. The summed E-state index contributed by atoms with van der Waals surface area (Å²) in [4.78, 5) is 37.1. The van der Waals surface area contributed by atoms with E-state index in [1.54, 1.807) is 17.0 Å². The first kappa shape index (κ1) is 28.5. The van der Waals surface area contributed by atoms with Crippen LogP contribution < -0.4 is 0 Å². The predicted octanol–water partition coefficient (Wildman–Crippen LogP) is 5.55. The highest BCUT2D eigenvalue weighted by atomic mass is 16.6. The second-order valence-corrected chi connectivity index (χ2v) is 9.21. The van der Waals surface area contributed by atoms with Gasteiger partial charge in [-0.1, -0.05) is 31.4 Å². The zero-order valence-corrected chi connectivity index (χ0v) is 21.0. The Kier molecular flexibility index (Phi) is 13.2.